The molecule has 4 heteroatoms. The number of hydrogen-bond donors (Lipinski definition) is 1. The molecule has 3 fully saturated rings. The van der Waals surface area contributed by atoms with Gasteiger partial charge in [0.2, 0.25) is 0 Å². The average molecular weight is 257 g/mol. The van der Waals surface area contributed by atoms with Gasteiger partial charge in [-0.15, -0.1) is 0 Å². The minimum absolute atomic E-state index is 0.0754. The fraction of sp³-hybridized carbons (Fsp3) is 1.00. The van der Waals surface area contributed by atoms with Crippen LogP contribution in [-0.4, -0.2) is 26.5 Å². The van der Waals surface area contributed by atoms with Crippen LogP contribution < -0.4 is 5.73 Å². The van der Waals surface area contributed by atoms with Crippen LogP contribution >= 0.6 is 0 Å². The van der Waals surface area contributed by atoms with Gasteiger partial charge in [-0.1, -0.05) is 6.42 Å². The fourth-order valence-electron chi connectivity index (χ4n) is 4.57. The lowest BCUT2D eigenvalue weighted by molar-refractivity contribution is 0.201. The maximum atomic E-state index is 11.7. The Labute approximate surface area is 104 Å². The van der Waals surface area contributed by atoms with E-state index in [1.807, 2.05) is 0 Å². The van der Waals surface area contributed by atoms with E-state index in [4.69, 9.17) is 5.73 Å². The Balaban J connectivity index is 1.71. The summed E-state index contributed by atoms with van der Waals surface area (Å²) < 4.78 is 23.4. The van der Waals surface area contributed by atoms with E-state index in [9.17, 15) is 8.42 Å². The zero-order chi connectivity index (χ0) is 12.1. The van der Waals surface area contributed by atoms with E-state index in [0.29, 0.717) is 18.1 Å². The van der Waals surface area contributed by atoms with E-state index >= 15 is 0 Å². The highest BCUT2D eigenvalue weighted by Crippen LogP contribution is 2.53. The summed E-state index contributed by atoms with van der Waals surface area (Å²) in [7, 11) is -2.80. The van der Waals surface area contributed by atoms with Crippen LogP contribution in [-0.2, 0) is 9.84 Å². The van der Waals surface area contributed by atoms with Crippen molar-refractivity contribution in [3.63, 3.8) is 0 Å². The van der Waals surface area contributed by atoms with Gasteiger partial charge in [-0.25, -0.2) is 8.42 Å². The second-order valence-electron chi connectivity index (χ2n) is 6.69. The minimum atomic E-state index is -2.80. The normalized spacial score (nSPS) is 47.7. The van der Waals surface area contributed by atoms with Gasteiger partial charge in [0, 0.05) is 0 Å². The van der Waals surface area contributed by atoms with Gasteiger partial charge < -0.3 is 5.73 Å². The Kier molecular flexibility index (Phi) is 2.78. The number of rotatable bonds is 3. The molecule has 2 saturated carbocycles. The van der Waals surface area contributed by atoms with Crippen LogP contribution in [0.15, 0.2) is 0 Å². The summed E-state index contributed by atoms with van der Waals surface area (Å²) in [5.74, 6) is 3.31. The molecular formula is C13H23NO2S. The standard InChI is InChI=1S/C13H23NO2S/c14-8-13(3-4-17(15,16)9-13)7-12-6-10-1-2-11(12)5-10/h10-12H,1-9,14H2. The van der Waals surface area contributed by atoms with Crippen molar-refractivity contribution >= 4 is 9.84 Å². The Bertz CT molecular complexity index is 406. The van der Waals surface area contributed by atoms with Crippen molar-refractivity contribution in [3.8, 4) is 0 Å². The molecule has 0 aromatic heterocycles. The lowest BCUT2D eigenvalue weighted by Gasteiger charge is -2.33. The summed E-state index contributed by atoms with van der Waals surface area (Å²) in [6, 6.07) is 0. The molecule has 2 N–H and O–H groups in total. The molecule has 0 amide bonds. The van der Waals surface area contributed by atoms with Crippen molar-refractivity contribution in [2.45, 2.75) is 38.5 Å². The number of sulfone groups is 1. The average Bonchev–Trinajstić information content (AvgIpc) is 2.93. The summed E-state index contributed by atoms with van der Waals surface area (Å²) in [4.78, 5) is 0. The SMILES string of the molecule is NCC1(CC2CC3CCC2C3)CCS(=O)(=O)C1. The van der Waals surface area contributed by atoms with Gasteiger partial charge in [-0.05, 0) is 61.8 Å². The van der Waals surface area contributed by atoms with E-state index in [0.717, 1.165) is 30.6 Å². The van der Waals surface area contributed by atoms with E-state index in [1.165, 1.54) is 25.7 Å². The van der Waals surface area contributed by atoms with E-state index in [-0.39, 0.29) is 5.41 Å². The van der Waals surface area contributed by atoms with Gasteiger partial charge in [0.15, 0.2) is 9.84 Å². The van der Waals surface area contributed by atoms with Crippen molar-refractivity contribution in [3.05, 3.63) is 0 Å². The Hall–Kier alpha value is -0.0900. The van der Waals surface area contributed by atoms with Crippen LogP contribution in [0.25, 0.3) is 0 Å². The predicted molar refractivity (Wildman–Crippen MR) is 68.3 cm³/mol. The lowest BCUT2D eigenvalue weighted by Crippen LogP contribution is -2.35. The third-order valence-electron chi connectivity index (χ3n) is 5.48. The maximum absolute atomic E-state index is 11.7. The second kappa shape index (κ2) is 3.95. The molecule has 17 heavy (non-hydrogen) atoms. The highest BCUT2D eigenvalue weighted by atomic mass is 32.2. The van der Waals surface area contributed by atoms with E-state index < -0.39 is 9.84 Å². The molecule has 0 aromatic carbocycles. The van der Waals surface area contributed by atoms with Gasteiger partial charge >= 0.3 is 0 Å². The van der Waals surface area contributed by atoms with Crippen molar-refractivity contribution < 1.29 is 8.42 Å². The summed E-state index contributed by atoms with van der Waals surface area (Å²) in [6.07, 6.45) is 7.41. The molecule has 4 unspecified atom stereocenters. The molecule has 3 aliphatic rings. The first kappa shape index (κ1) is 12.0. The topological polar surface area (TPSA) is 60.2 Å². The van der Waals surface area contributed by atoms with Crippen LogP contribution in [0.5, 0.6) is 0 Å². The molecule has 3 nitrogen and oxygen atoms in total. The van der Waals surface area contributed by atoms with Crippen LogP contribution in [0.2, 0.25) is 0 Å². The van der Waals surface area contributed by atoms with Crippen LogP contribution in [0.4, 0.5) is 0 Å². The molecule has 98 valence electrons. The number of hydrogen-bond acceptors (Lipinski definition) is 3. The van der Waals surface area contributed by atoms with Crippen molar-refractivity contribution in [2.75, 3.05) is 18.1 Å². The molecule has 2 bridgehead atoms. The molecule has 0 aromatic rings. The van der Waals surface area contributed by atoms with Crippen molar-refractivity contribution in [1.29, 1.82) is 0 Å². The molecule has 0 radical (unpaired) electrons. The van der Waals surface area contributed by atoms with E-state index in [2.05, 4.69) is 0 Å². The largest absolute Gasteiger partial charge is 0.330 e. The zero-order valence-electron chi connectivity index (χ0n) is 10.4. The zero-order valence-corrected chi connectivity index (χ0v) is 11.2. The summed E-state index contributed by atoms with van der Waals surface area (Å²) >= 11 is 0. The Morgan fingerprint density at radius 1 is 1.24 bits per heavy atom. The van der Waals surface area contributed by atoms with Gasteiger partial charge in [0.25, 0.3) is 0 Å². The molecule has 1 aliphatic heterocycles. The van der Waals surface area contributed by atoms with Gasteiger partial charge in [-0.3, -0.25) is 0 Å². The van der Waals surface area contributed by atoms with Crippen LogP contribution in [0.3, 0.4) is 0 Å². The number of nitrogens with two attached hydrogens (primary N) is 1. The van der Waals surface area contributed by atoms with Crippen LogP contribution in [0, 0.1) is 23.2 Å². The van der Waals surface area contributed by atoms with Gasteiger partial charge in [0.05, 0.1) is 11.5 Å². The second-order valence-corrected chi connectivity index (χ2v) is 8.87. The predicted octanol–water partition coefficient (Wildman–Crippen LogP) is 1.58. The van der Waals surface area contributed by atoms with Gasteiger partial charge in [-0.2, -0.15) is 0 Å². The molecule has 2 aliphatic carbocycles. The number of fused-ring (bicyclic) bond motifs is 2. The van der Waals surface area contributed by atoms with Crippen LogP contribution in [0.1, 0.15) is 38.5 Å². The molecule has 1 heterocycles. The highest BCUT2D eigenvalue weighted by molar-refractivity contribution is 7.91. The molecular weight excluding hydrogens is 234 g/mol. The Morgan fingerprint density at radius 2 is 2.06 bits per heavy atom. The van der Waals surface area contributed by atoms with E-state index in [1.54, 1.807) is 0 Å². The first-order chi connectivity index (χ1) is 8.02. The van der Waals surface area contributed by atoms with Gasteiger partial charge in [0.1, 0.15) is 0 Å². The third kappa shape index (κ3) is 2.14. The van der Waals surface area contributed by atoms with Crippen molar-refractivity contribution in [2.24, 2.45) is 28.9 Å². The monoisotopic (exact) mass is 257 g/mol. The third-order valence-corrected chi connectivity index (χ3v) is 7.36. The first-order valence-electron chi connectivity index (χ1n) is 6.92. The lowest BCUT2D eigenvalue weighted by atomic mass is 9.73. The van der Waals surface area contributed by atoms with Crippen molar-refractivity contribution in [1.82, 2.24) is 0 Å². The summed E-state index contributed by atoms with van der Waals surface area (Å²) in [5, 5.41) is 0. The molecule has 0 spiro atoms. The first-order valence-corrected chi connectivity index (χ1v) is 8.75. The molecule has 3 rings (SSSR count). The fourth-order valence-corrected chi connectivity index (χ4v) is 6.77. The summed E-state index contributed by atoms with van der Waals surface area (Å²) in [6.45, 7) is 0.556. The molecule has 4 atom stereocenters. The smallest absolute Gasteiger partial charge is 0.150 e. The quantitative estimate of drug-likeness (QED) is 0.835. The minimum Gasteiger partial charge on any atom is -0.330 e. The molecule has 1 saturated heterocycles. The summed E-state index contributed by atoms with van der Waals surface area (Å²) in [5.41, 5.74) is 5.83. The highest BCUT2D eigenvalue weighted by Gasteiger charge is 2.47. The Morgan fingerprint density at radius 3 is 2.53 bits per heavy atom. The maximum Gasteiger partial charge on any atom is 0.150 e.